The quantitative estimate of drug-likeness (QED) is 0.684. The lowest BCUT2D eigenvalue weighted by Gasteiger charge is -2.29. The van der Waals surface area contributed by atoms with E-state index in [2.05, 4.69) is 5.10 Å². The van der Waals surface area contributed by atoms with Crippen LogP contribution in [-0.4, -0.2) is 83.1 Å². The molecule has 28 heavy (non-hydrogen) atoms. The van der Waals surface area contributed by atoms with Gasteiger partial charge in [-0.2, -0.15) is 5.10 Å². The number of fused-ring (bicyclic) bond motifs is 1. The van der Waals surface area contributed by atoms with Crippen LogP contribution in [0.4, 0.5) is 0 Å². The predicted octanol–water partition coefficient (Wildman–Crippen LogP) is 0.139. The Morgan fingerprint density at radius 1 is 1.36 bits per heavy atom. The van der Waals surface area contributed by atoms with Gasteiger partial charge in [-0.05, 0) is 32.5 Å². The van der Waals surface area contributed by atoms with Crippen molar-refractivity contribution in [3.05, 3.63) is 17.5 Å². The lowest BCUT2D eigenvalue weighted by atomic mass is 9.88. The Morgan fingerprint density at radius 3 is 2.54 bits per heavy atom. The summed E-state index contributed by atoms with van der Waals surface area (Å²) in [6.45, 7) is 4.82. The van der Waals surface area contributed by atoms with Crippen LogP contribution in [0.25, 0.3) is 0 Å². The summed E-state index contributed by atoms with van der Waals surface area (Å²) in [6.07, 6.45) is 1.52. The zero-order chi connectivity index (χ0) is 21.0. The largest absolute Gasteiger partial charge is 0.331 e. The van der Waals surface area contributed by atoms with Crippen molar-refractivity contribution in [1.82, 2.24) is 23.9 Å². The highest BCUT2D eigenvalue weighted by Gasteiger charge is 2.58. The molecule has 156 valence electrons. The van der Waals surface area contributed by atoms with Crippen LogP contribution in [0.1, 0.15) is 36.5 Å². The van der Waals surface area contributed by atoms with Gasteiger partial charge in [-0.1, -0.05) is 13.8 Å². The van der Waals surface area contributed by atoms with E-state index in [0.29, 0.717) is 25.2 Å². The summed E-state index contributed by atoms with van der Waals surface area (Å²) in [7, 11) is 1.90. The van der Waals surface area contributed by atoms with Crippen molar-refractivity contribution >= 4 is 21.8 Å². The molecule has 2 aliphatic rings. The van der Waals surface area contributed by atoms with Gasteiger partial charge < -0.3 is 9.80 Å². The highest BCUT2D eigenvalue weighted by Crippen LogP contribution is 2.41. The van der Waals surface area contributed by atoms with Gasteiger partial charge in [0.1, 0.15) is 5.69 Å². The molecule has 10 heteroatoms. The number of likely N-dealkylation sites (tertiary alicyclic amines) is 1. The first-order valence-corrected chi connectivity index (χ1v) is 11.3. The van der Waals surface area contributed by atoms with Crippen LogP contribution < -0.4 is 0 Å². The number of carbonyl (C=O) groups is 2. The van der Waals surface area contributed by atoms with Gasteiger partial charge in [0.05, 0.1) is 30.0 Å². The average molecular weight is 412 g/mol. The second-order valence-corrected chi connectivity index (χ2v) is 10.3. The monoisotopic (exact) mass is 411 g/mol. The topological polar surface area (TPSA) is 95.8 Å². The Kier molecular flexibility index (Phi) is 5.30. The third-order valence-electron chi connectivity index (χ3n) is 5.56. The molecule has 1 aromatic rings. The number of hydrogen-bond acceptors (Lipinski definition) is 6. The summed E-state index contributed by atoms with van der Waals surface area (Å²) in [5, 5.41) is 4.41. The highest BCUT2D eigenvalue weighted by molar-refractivity contribution is 7.88. The first kappa shape index (κ1) is 20.8. The molecule has 0 unspecified atom stereocenters. The molecule has 0 aromatic carbocycles. The zero-order valence-corrected chi connectivity index (χ0v) is 18.1. The average Bonchev–Trinajstić information content (AvgIpc) is 3.16. The van der Waals surface area contributed by atoms with Crippen molar-refractivity contribution in [3.8, 4) is 0 Å². The van der Waals surface area contributed by atoms with Gasteiger partial charge in [0.2, 0.25) is 15.9 Å². The first-order chi connectivity index (χ1) is 12.9. The van der Waals surface area contributed by atoms with Crippen LogP contribution in [0.3, 0.4) is 0 Å². The number of aryl methyl sites for hydroxylation is 1. The fourth-order valence-corrected chi connectivity index (χ4v) is 5.72. The van der Waals surface area contributed by atoms with Crippen molar-refractivity contribution in [2.75, 3.05) is 26.9 Å². The second kappa shape index (κ2) is 7.14. The number of aromatic nitrogens is 2. The molecule has 2 aliphatic heterocycles. The van der Waals surface area contributed by atoms with Crippen LogP contribution in [0, 0.1) is 11.8 Å². The molecule has 0 saturated carbocycles. The van der Waals surface area contributed by atoms with Gasteiger partial charge in [-0.3, -0.25) is 14.3 Å². The van der Waals surface area contributed by atoms with E-state index in [1.807, 2.05) is 32.8 Å². The predicted molar refractivity (Wildman–Crippen MR) is 104 cm³/mol. The van der Waals surface area contributed by atoms with Crippen molar-refractivity contribution in [2.45, 2.75) is 38.9 Å². The van der Waals surface area contributed by atoms with E-state index in [-0.39, 0.29) is 11.8 Å². The Bertz CT molecular complexity index is 892. The van der Waals surface area contributed by atoms with Gasteiger partial charge in [0, 0.05) is 20.1 Å². The fourth-order valence-electron chi connectivity index (χ4n) is 4.55. The van der Waals surface area contributed by atoms with Gasteiger partial charge >= 0.3 is 0 Å². The normalized spacial score (nSPS) is 25.3. The minimum atomic E-state index is -3.68. The van der Waals surface area contributed by atoms with Crippen molar-refractivity contribution < 1.29 is 18.0 Å². The molecule has 2 saturated heterocycles. The van der Waals surface area contributed by atoms with Crippen LogP contribution in [0.2, 0.25) is 0 Å². The summed E-state index contributed by atoms with van der Waals surface area (Å²) in [6, 6.07) is 0.834. The van der Waals surface area contributed by atoms with Gasteiger partial charge in [0.15, 0.2) is 0 Å². The summed E-state index contributed by atoms with van der Waals surface area (Å²) in [4.78, 5) is 29.8. The number of amides is 2. The smallest absolute Gasteiger partial charge is 0.272 e. The molecule has 3 atom stereocenters. The molecule has 0 N–H and O–H groups in total. The highest BCUT2D eigenvalue weighted by atomic mass is 32.2. The maximum atomic E-state index is 13.3. The van der Waals surface area contributed by atoms with E-state index in [1.165, 1.54) is 0 Å². The van der Waals surface area contributed by atoms with Gasteiger partial charge in [0.25, 0.3) is 5.91 Å². The molecule has 1 aromatic heterocycles. The lowest BCUT2D eigenvalue weighted by molar-refractivity contribution is -0.129. The molecule has 0 spiro atoms. The molecule has 2 fully saturated rings. The van der Waals surface area contributed by atoms with Crippen LogP contribution in [-0.2, 0) is 28.4 Å². The molecule has 0 radical (unpaired) electrons. The number of hydrogen-bond donors (Lipinski definition) is 0. The van der Waals surface area contributed by atoms with Crippen molar-refractivity contribution in [1.29, 1.82) is 0 Å². The second-order valence-electron chi connectivity index (χ2n) is 8.39. The first-order valence-electron chi connectivity index (χ1n) is 9.45. The van der Waals surface area contributed by atoms with E-state index < -0.39 is 33.9 Å². The SMILES string of the molecule is CC(C)[C@H]1C(=O)N(S(C)(=O)=O)[C@H]2CCN(C(=O)c3cc(CN(C)C)nn3C)[C@H]12. The standard InChI is InChI=1S/C18H29N5O4S/c1-11(2)15-16-13(23(18(15)25)28(6,26)27)7-8-22(16)17(24)14-9-12(10-20(3)4)19-21(14)5/h9,11,13,15-16H,7-8,10H2,1-6H3/t13-,15+,16-/m0/s1. The third-order valence-corrected chi connectivity index (χ3v) is 6.72. The van der Waals surface area contributed by atoms with E-state index in [1.54, 1.807) is 22.7 Å². The fraction of sp³-hybridized carbons (Fsp3) is 0.722. The zero-order valence-electron chi connectivity index (χ0n) is 17.3. The molecular formula is C18H29N5O4S. The Balaban J connectivity index is 1.95. The molecular weight excluding hydrogens is 382 g/mol. The van der Waals surface area contributed by atoms with Gasteiger partial charge in [-0.25, -0.2) is 12.7 Å². The molecule has 3 rings (SSSR count). The van der Waals surface area contributed by atoms with Crippen molar-refractivity contribution in [2.24, 2.45) is 18.9 Å². The Hall–Kier alpha value is -1.94. The number of rotatable bonds is 5. The third kappa shape index (κ3) is 3.43. The molecule has 0 bridgehead atoms. The summed E-state index contributed by atoms with van der Waals surface area (Å²) < 4.78 is 27.1. The minimum absolute atomic E-state index is 0.0732. The van der Waals surface area contributed by atoms with E-state index in [9.17, 15) is 18.0 Å². The minimum Gasteiger partial charge on any atom is -0.331 e. The number of nitrogens with zero attached hydrogens (tertiary/aromatic N) is 5. The van der Waals surface area contributed by atoms with Crippen LogP contribution >= 0.6 is 0 Å². The summed E-state index contributed by atoms with van der Waals surface area (Å²) in [5.74, 6) is -1.21. The maximum Gasteiger partial charge on any atom is 0.272 e. The number of carbonyl (C=O) groups excluding carboxylic acids is 2. The Labute approximate surface area is 166 Å². The Morgan fingerprint density at radius 2 is 2.00 bits per heavy atom. The number of sulfonamides is 1. The van der Waals surface area contributed by atoms with Crippen LogP contribution in [0.15, 0.2) is 6.07 Å². The summed E-state index contributed by atoms with van der Waals surface area (Å²) in [5.41, 5.74) is 1.23. The van der Waals surface area contributed by atoms with Gasteiger partial charge in [-0.15, -0.1) is 0 Å². The molecule has 9 nitrogen and oxygen atoms in total. The van der Waals surface area contributed by atoms with E-state index in [0.717, 1.165) is 16.3 Å². The van der Waals surface area contributed by atoms with Crippen LogP contribution in [0.5, 0.6) is 0 Å². The molecule has 0 aliphatic carbocycles. The lowest BCUT2D eigenvalue weighted by Crippen LogP contribution is -2.44. The molecule has 3 heterocycles. The summed E-state index contributed by atoms with van der Waals surface area (Å²) >= 11 is 0. The van der Waals surface area contributed by atoms with E-state index >= 15 is 0 Å². The van der Waals surface area contributed by atoms with Crippen molar-refractivity contribution in [3.63, 3.8) is 0 Å². The molecule has 2 amide bonds. The maximum absolute atomic E-state index is 13.3. The van der Waals surface area contributed by atoms with E-state index in [4.69, 9.17) is 0 Å².